The van der Waals surface area contributed by atoms with Crippen LogP contribution in [0.4, 0.5) is 0 Å². The third kappa shape index (κ3) is 2.58. The molecule has 6 nitrogen and oxygen atoms in total. The molecule has 1 spiro atoms. The van der Waals surface area contributed by atoms with Gasteiger partial charge in [-0.2, -0.15) is 5.10 Å². The van der Waals surface area contributed by atoms with Crippen LogP contribution in [-0.2, 0) is 9.47 Å². The van der Waals surface area contributed by atoms with Crippen molar-refractivity contribution in [1.29, 1.82) is 0 Å². The standard InChI is InChI=1S/C14H21N3O3/c1-19-7-3-11-8-14(20-9-11)4-6-17(10-14)13(18)12-2-5-15-16-12/h2,5,11H,3-4,6-10H2,1H3,(H,15,16)/t11-,14-/m0/s1. The summed E-state index contributed by atoms with van der Waals surface area (Å²) in [6.45, 7) is 3.01. The SMILES string of the molecule is COCC[C@@H]1CO[C@@]2(CCN(C(=O)c3ccn[nH]3)C2)C1. The molecule has 0 aromatic carbocycles. The number of ether oxygens (including phenoxy) is 2. The molecule has 0 radical (unpaired) electrons. The maximum absolute atomic E-state index is 12.3. The summed E-state index contributed by atoms with van der Waals surface area (Å²) in [7, 11) is 1.73. The Bertz CT molecular complexity index is 462. The molecule has 1 aromatic rings. The molecule has 0 unspecified atom stereocenters. The number of nitrogens with zero attached hydrogens (tertiary/aromatic N) is 2. The Morgan fingerprint density at radius 2 is 2.60 bits per heavy atom. The number of likely N-dealkylation sites (tertiary alicyclic amines) is 1. The second-order valence-electron chi connectivity index (χ2n) is 5.79. The zero-order chi connectivity index (χ0) is 14.0. The van der Waals surface area contributed by atoms with Gasteiger partial charge in [0.25, 0.3) is 5.91 Å². The Morgan fingerprint density at radius 1 is 1.70 bits per heavy atom. The van der Waals surface area contributed by atoms with Crippen LogP contribution < -0.4 is 0 Å². The molecule has 2 aliphatic rings. The summed E-state index contributed by atoms with van der Waals surface area (Å²) in [5.41, 5.74) is 0.421. The first-order valence-electron chi connectivity index (χ1n) is 7.14. The lowest BCUT2D eigenvalue weighted by molar-refractivity contribution is 0.0112. The summed E-state index contributed by atoms with van der Waals surface area (Å²) in [4.78, 5) is 14.1. The number of nitrogens with one attached hydrogen (secondary N) is 1. The van der Waals surface area contributed by atoms with Gasteiger partial charge in [0.1, 0.15) is 5.69 Å². The highest BCUT2D eigenvalue weighted by Crippen LogP contribution is 2.39. The number of methoxy groups -OCH3 is 1. The third-order valence-corrected chi connectivity index (χ3v) is 4.35. The molecular weight excluding hydrogens is 258 g/mol. The van der Waals surface area contributed by atoms with E-state index in [4.69, 9.17) is 9.47 Å². The third-order valence-electron chi connectivity index (χ3n) is 4.35. The number of rotatable bonds is 4. The molecule has 2 aliphatic heterocycles. The van der Waals surface area contributed by atoms with E-state index in [1.165, 1.54) is 0 Å². The summed E-state index contributed by atoms with van der Waals surface area (Å²) in [6, 6.07) is 1.71. The summed E-state index contributed by atoms with van der Waals surface area (Å²) < 4.78 is 11.2. The number of hydrogen-bond acceptors (Lipinski definition) is 4. The van der Waals surface area contributed by atoms with Crippen molar-refractivity contribution < 1.29 is 14.3 Å². The molecule has 3 heterocycles. The van der Waals surface area contributed by atoms with Crippen molar-refractivity contribution in [2.75, 3.05) is 33.4 Å². The molecule has 0 aliphatic carbocycles. The van der Waals surface area contributed by atoms with E-state index in [2.05, 4.69) is 10.2 Å². The van der Waals surface area contributed by atoms with Gasteiger partial charge in [-0.15, -0.1) is 0 Å². The Hall–Kier alpha value is -1.40. The van der Waals surface area contributed by atoms with Crippen molar-refractivity contribution in [3.05, 3.63) is 18.0 Å². The van der Waals surface area contributed by atoms with Crippen molar-refractivity contribution >= 4 is 5.91 Å². The highest BCUT2D eigenvalue weighted by Gasteiger charge is 2.46. The van der Waals surface area contributed by atoms with Gasteiger partial charge >= 0.3 is 0 Å². The Labute approximate surface area is 118 Å². The minimum Gasteiger partial charge on any atom is -0.385 e. The van der Waals surface area contributed by atoms with Crippen LogP contribution in [0.15, 0.2) is 12.3 Å². The van der Waals surface area contributed by atoms with Gasteiger partial charge in [0.15, 0.2) is 0 Å². The molecule has 0 saturated carbocycles. The fourth-order valence-corrected chi connectivity index (χ4v) is 3.26. The van der Waals surface area contributed by atoms with Gasteiger partial charge in [0.2, 0.25) is 0 Å². The van der Waals surface area contributed by atoms with Crippen molar-refractivity contribution in [2.45, 2.75) is 24.9 Å². The number of amides is 1. The topological polar surface area (TPSA) is 67.5 Å². The van der Waals surface area contributed by atoms with E-state index in [9.17, 15) is 4.79 Å². The van der Waals surface area contributed by atoms with E-state index in [1.54, 1.807) is 19.4 Å². The van der Waals surface area contributed by atoms with Crippen LogP contribution in [0.5, 0.6) is 0 Å². The predicted octanol–water partition coefficient (Wildman–Crippen LogP) is 1.07. The van der Waals surface area contributed by atoms with Crippen LogP contribution in [0.25, 0.3) is 0 Å². The first kappa shape index (κ1) is 13.6. The molecule has 1 amide bonds. The van der Waals surface area contributed by atoms with E-state index in [0.717, 1.165) is 39.0 Å². The molecule has 3 rings (SSSR count). The quantitative estimate of drug-likeness (QED) is 0.895. The Balaban J connectivity index is 1.58. The van der Waals surface area contributed by atoms with E-state index in [1.807, 2.05) is 4.90 Å². The average Bonchev–Trinajstić information content (AvgIpc) is 3.18. The Morgan fingerprint density at radius 3 is 3.35 bits per heavy atom. The number of carbonyl (C=O) groups excluding carboxylic acids is 1. The monoisotopic (exact) mass is 279 g/mol. The van der Waals surface area contributed by atoms with Crippen LogP contribution >= 0.6 is 0 Å². The van der Waals surface area contributed by atoms with E-state index < -0.39 is 0 Å². The fourth-order valence-electron chi connectivity index (χ4n) is 3.26. The van der Waals surface area contributed by atoms with Gasteiger partial charge in [0.05, 0.1) is 18.8 Å². The van der Waals surface area contributed by atoms with Crippen LogP contribution in [0, 0.1) is 5.92 Å². The highest BCUT2D eigenvalue weighted by molar-refractivity contribution is 5.92. The molecule has 0 bridgehead atoms. The first-order chi connectivity index (χ1) is 9.72. The highest BCUT2D eigenvalue weighted by atomic mass is 16.5. The van der Waals surface area contributed by atoms with Crippen LogP contribution in [0.3, 0.4) is 0 Å². The Kier molecular flexibility index (Phi) is 3.76. The largest absolute Gasteiger partial charge is 0.385 e. The van der Waals surface area contributed by atoms with Gasteiger partial charge in [-0.05, 0) is 31.2 Å². The van der Waals surface area contributed by atoms with Crippen LogP contribution in [0.1, 0.15) is 29.8 Å². The molecule has 2 fully saturated rings. The predicted molar refractivity (Wildman–Crippen MR) is 72.4 cm³/mol. The number of H-pyrrole nitrogens is 1. The van der Waals surface area contributed by atoms with Crippen molar-refractivity contribution in [2.24, 2.45) is 5.92 Å². The zero-order valence-electron chi connectivity index (χ0n) is 11.8. The van der Waals surface area contributed by atoms with Crippen LogP contribution in [0.2, 0.25) is 0 Å². The van der Waals surface area contributed by atoms with Gasteiger partial charge < -0.3 is 14.4 Å². The van der Waals surface area contributed by atoms with Crippen molar-refractivity contribution in [1.82, 2.24) is 15.1 Å². The summed E-state index contributed by atoms with van der Waals surface area (Å²) in [5.74, 6) is 0.570. The van der Waals surface area contributed by atoms with Crippen molar-refractivity contribution in [3.63, 3.8) is 0 Å². The van der Waals surface area contributed by atoms with Crippen molar-refractivity contribution in [3.8, 4) is 0 Å². The second kappa shape index (κ2) is 5.54. The van der Waals surface area contributed by atoms with Gasteiger partial charge in [-0.1, -0.05) is 0 Å². The molecule has 110 valence electrons. The summed E-state index contributed by atoms with van der Waals surface area (Å²) in [5, 5.41) is 6.56. The number of carbonyl (C=O) groups is 1. The fraction of sp³-hybridized carbons (Fsp3) is 0.714. The summed E-state index contributed by atoms with van der Waals surface area (Å²) in [6.07, 6.45) is 4.60. The smallest absolute Gasteiger partial charge is 0.271 e. The van der Waals surface area contributed by atoms with Gasteiger partial charge in [-0.3, -0.25) is 9.89 Å². The molecule has 1 N–H and O–H groups in total. The average molecular weight is 279 g/mol. The zero-order valence-corrected chi connectivity index (χ0v) is 11.8. The lowest BCUT2D eigenvalue weighted by atomic mass is 9.92. The molecular formula is C14H21N3O3. The first-order valence-corrected chi connectivity index (χ1v) is 7.14. The number of aromatic amines is 1. The molecule has 1 aromatic heterocycles. The minimum absolute atomic E-state index is 0.0170. The molecule has 6 heteroatoms. The minimum atomic E-state index is -0.131. The number of aromatic nitrogens is 2. The molecule has 2 atom stereocenters. The maximum atomic E-state index is 12.3. The lowest BCUT2D eigenvalue weighted by Crippen LogP contribution is -2.36. The van der Waals surface area contributed by atoms with Gasteiger partial charge in [-0.25, -0.2) is 0 Å². The van der Waals surface area contributed by atoms with E-state index >= 15 is 0 Å². The lowest BCUT2D eigenvalue weighted by Gasteiger charge is -2.23. The summed E-state index contributed by atoms with van der Waals surface area (Å²) >= 11 is 0. The van der Waals surface area contributed by atoms with Crippen LogP contribution in [-0.4, -0.2) is 60.0 Å². The second-order valence-corrected chi connectivity index (χ2v) is 5.79. The maximum Gasteiger partial charge on any atom is 0.271 e. The molecule has 20 heavy (non-hydrogen) atoms. The van der Waals surface area contributed by atoms with E-state index in [-0.39, 0.29) is 11.5 Å². The van der Waals surface area contributed by atoms with Gasteiger partial charge in [0, 0.05) is 26.5 Å². The number of hydrogen-bond donors (Lipinski definition) is 1. The molecule has 2 saturated heterocycles. The normalized spacial score (nSPS) is 29.4. The van der Waals surface area contributed by atoms with E-state index in [0.29, 0.717) is 18.2 Å².